The maximum atomic E-state index is 12.9. The van der Waals surface area contributed by atoms with Crippen LogP contribution in [0, 0.1) is 6.92 Å². The first-order valence-electron chi connectivity index (χ1n) is 7.35. The van der Waals surface area contributed by atoms with Crippen molar-refractivity contribution in [3.05, 3.63) is 41.6 Å². The minimum Gasteiger partial charge on any atom is -0.480 e. The molecule has 1 fully saturated rings. The molecule has 1 aliphatic rings. The molecule has 1 amide bonds. The highest BCUT2D eigenvalue weighted by Gasteiger charge is 2.46. The molecule has 114 valence electrons. The van der Waals surface area contributed by atoms with E-state index in [2.05, 4.69) is 4.98 Å². The van der Waals surface area contributed by atoms with Crippen molar-refractivity contribution in [3.8, 4) is 0 Å². The van der Waals surface area contributed by atoms with Crippen LogP contribution in [-0.4, -0.2) is 39.0 Å². The highest BCUT2D eigenvalue weighted by atomic mass is 16.4. The minimum absolute atomic E-state index is 0.258. The number of fused-ring (bicyclic) bond motifs is 1. The van der Waals surface area contributed by atoms with Gasteiger partial charge in [0.25, 0.3) is 5.91 Å². The lowest BCUT2D eigenvalue weighted by molar-refractivity contribution is -0.147. The van der Waals surface area contributed by atoms with Gasteiger partial charge in [0, 0.05) is 17.6 Å². The Morgan fingerprint density at radius 1 is 1.27 bits per heavy atom. The fraction of sp³-hybridized carbons (Fsp3) is 0.353. The zero-order valence-electron chi connectivity index (χ0n) is 12.7. The second kappa shape index (κ2) is 5.09. The van der Waals surface area contributed by atoms with Crippen LogP contribution in [-0.2, 0) is 4.79 Å². The number of likely N-dealkylation sites (tertiary alicyclic amines) is 1. The molecule has 1 atom stereocenters. The van der Waals surface area contributed by atoms with Crippen LogP contribution in [0.4, 0.5) is 0 Å². The van der Waals surface area contributed by atoms with E-state index in [9.17, 15) is 14.7 Å². The van der Waals surface area contributed by atoms with Gasteiger partial charge < -0.3 is 10.0 Å². The van der Waals surface area contributed by atoms with E-state index >= 15 is 0 Å². The molecule has 5 heteroatoms. The molecule has 2 aromatic rings. The van der Waals surface area contributed by atoms with Gasteiger partial charge in [-0.25, -0.2) is 4.79 Å². The summed E-state index contributed by atoms with van der Waals surface area (Å²) in [5.74, 6) is -1.21. The molecule has 0 bridgehead atoms. The Hall–Kier alpha value is -2.43. The lowest BCUT2D eigenvalue weighted by atomic mass is 9.98. The van der Waals surface area contributed by atoms with Gasteiger partial charge in [-0.05, 0) is 38.8 Å². The van der Waals surface area contributed by atoms with Crippen molar-refractivity contribution in [1.82, 2.24) is 9.88 Å². The predicted octanol–water partition coefficient (Wildman–Crippen LogP) is 2.62. The third-order valence-corrected chi connectivity index (χ3v) is 4.44. The van der Waals surface area contributed by atoms with E-state index in [4.69, 9.17) is 0 Å². The molecule has 1 unspecified atom stereocenters. The monoisotopic (exact) mass is 298 g/mol. The van der Waals surface area contributed by atoms with Crippen molar-refractivity contribution in [2.75, 3.05) is 6.54 Å². The first-order chi connectivity index (χ1) is 10.4. The predicted molar refractivity (Wildman–Crippen MR) is 82.8 cm³/mol. The second-order valence-corrected chi connectivity index (χ2v) is 5.97. The van der Waals surface area contributed by atoms with Gasteiger partial charge in [0.2, 0.25) is 0 Å². The van der Waals surface area contributed by atoms with Crippen LogP contribution in [0.2, 0.25) is 0 Å². The van der Waals surface area contributed by atoms with Crippen LogP contribution in [0.25, 0.3) is 10.9 Å². The molecule has 22 heavy (non-hydrogen) atoms. The number of carboxylic acids is 1. The maximum absolute atomic E-state index is 12.9. The Bertz CT molecular complexity index is 772. The van der Waals surface area contributed by atoms with Crippen LogP contribution in [0.5, 0.6) is 0 Å². The number of carbonyl (C=O) groups is 2. The molecule has 2 heterocycles. The summed E-state index contributed by atoms with van der Waals surface area (Å²) < 4.78 is 0. The van der Waals surface area contributed by atoms with Gasteiger partial charge in [0.1, 0.15) is 5.54 Å². The molecule has 1 aromatic heterocycles. The summed E-state index contributed by atoms with van der Waals surface area (Å²) in [7, 11) is 0. The molecular weight excluding hydrogens is 280 g/mol. The van der Waals surface area contributed by atoms with Crippen LogP contribution in [0.15, 0.2) is 30.3 Å². The number of aliphatic carboxylic acids is 1. The zero-order chi connectivity index (χ0) is 15.9. The van der Waals surface area contributed by atoms with Crippen molar-refractivity contribution in [2.24, 2.45) is 0 Å². The lowest BCUT2D eigenvalue weighted by Crippen LogP contribution is -2.50. The summed E-state index contributed by atoms with van der Waals surface area (Å²) in [6.07, 6.45) is 1.18. The molecule has 0 radical (unpaired) electrons. The fourth-order valence-electron chi connectivity index (χ4n) is 3.07. The molecule has 1 aromatic carbocycles. The van der Waals surface area contributed by atoms with E-state index < -0.39 is 11.5 Å². The number of carbonyl (C=O) groups excluding carboxylic acids is 1. The SMILES string of the molecule is Cc1ccc2cccc(C(=O)N3CCCC3(C)C(=O)O)c2n1. The van der Waals surface area contributed by atoms with Crippen molar-refractivity contribution in [1.29, 1.82) is 0 Å². The highest BCUT2D eigenvalue weighted by molar-refractivity contribution is 6.07. The van der Waals surface area contributed by atoms with Crippen molar-refractivity contribution >= 4 is 22.8 Å². The molecule has 3 rings (SSSR count). The number of nitrogens with zero attached hydrogens (tertiary/aromatic N) is 2. The number of carboxylic acid groups (broad SMARTS) is 1. The van der Waals surface area contributed by atoms with E-state index in [1.54, 1.807) is 19.1 Å². The number of benzene rings is 1. The minimum atomic E-state index is -1.14. The molecule has 0 saturated carbocycles. The van der Waals surface area contributed by atoms with Gasteiger partial charge in [-0.3, -0.25) is 9.78 Å². The number of hydrogen-bond acceptors (Lipinski definition) is 3. The molecule has 0 spiro atoms. The Morgan fingerprint density at radius 2 is 2.05 bits per heavy atom. The van der Waals surface area contributed by atoms with Gasteiger partial charge in [-0.2, -0.15) is 0 Å². The molecule has 1 aliphatic heterocycles. The number of aryl methyl sites for hydroxylation is 1. The molecular formula is C17H18N2O3. The van der Waals surface area contributed by atoms with Crippen LogP contribution in [0.1, 0.15) is 35.8 Å². The van der Waals surface area contributed by atoms with E-state index in [0.29, 0.717) is 30.5 Å². The number of rotatable bonds is 2. The zero-order valence-corrected chi connectivity index (χ0v) is 12.7. The van der Waals surface area contributed by atoms with E-state index in [1.165, 1.54) is 4.90 Å². The van der Waals surface area contributed by atoms with Crippen molar-refractivity contribution < 1.29 is 14.7 Å². The number of aromatic nitrogens is 1. The van der Waals surface area contributed by atoms with Gasteiger partial charge >= 0.3 is 5.97 Å². The number of pyridine rings is 1. The Labute approximate surface area is 128 Å². The first kappa shape index (κ1) is 14.5. The lowest BCUT2D eigenvalue weighted by Gasteiger charge is -2.31. The van der Waals surface area contributed by atoms with Gasteiger partial charge in [-0.1, -0.05) is 18.2 Å². The van der Waals surface area contributed by atoms with Gasteiger partial charge in [-0.15, -0.1) is 0 Å². The molecule has 5 nitrogen and oxygen atoms in total. The Kier molecular flexibility index (Phi) is 3.35. The standard InChI is InChI=1S/C17H18N2O3/c1-11-7-8-12-5-3-6-13(14(12)18-11)15(20)19-10-4-9-17(19,2)16(21)22/h3,5-8H,4,9-10H2,1-2H3,(H,21,22). The van der Waals surface area contributed by atoms with E-state index in [0.717, 1.165) is 11.1 Å². The Balaban J connectivity index is 2.10. The molecule has 0 aliphatic carbocycles. The Morgan fingerprint density at radius 3 is 2.77 bits per heavy atom. The summed E-state index contributed by atoms with van der Waals surface area (Å²) in [6, 6.07) is 9.25. The second-order valence-electron chi connectivity index (χ2n) is 5.97. The smallest absolute Gasteiger partial charge is 0.329 e. The van der Waals surface area contributed by atoms with Crippen molar-refractivity contribution in [3.63, 3.8) is 0 Å². The summed E-state index contributed by atoms with van der Waals surface area (Å²) in [6.45, 7) is 3.95. The highest BCUT2D eigenvalue weighted by Crippen LogP contribution is 2.32. The summed E-state index contributed by atoms with van der Waals surface area (Å²) in [4.78, 5) is 30.4. The molecule has 1 saturated heterocycles. The summed E-state index contributed by atoms with van der Waals surface area (Å²) >= 11 is 0. The van der Waals surface area contributed by atoms with Crippen LogP contribution < -0.4 is 0 Å². The maximum Gasteiger partial charge on any atom is 0.329 e. The fourth-order valence-corrected chi connectivity index (χ4v) is 3.07. The van der Waals surface area contributed by atoms with Crippen LogP contribution >= 0.6 is 0 Å². The first-order valence-corrected chi connectivity index (χ1v) is 7.35. The third-order valence-electron chi connectivity index (χ3n) is 4.44. The quantitative estimate of drug-likeness (QED) is 0.925. The van der Waals surface area contributed by atoms with E-state index in [1.807, 2.05) is 25.1 Å². The normalized spacial score (nSPS) is 21.3. The number of hydrogen-bond donors (Lipinski definition) is 1. The average Bonchev–Trinajstić information content (AvgIpc) is 2.89. The average molecular weight is 298 g/mol. The summed E-state index contributed by atoms with van der Waals surface area (Å²) in [5.41, 5.74) is 0.793. The summed E-state index contributed by atoms with van der Waals surface area (Å²) in [5, 5.41) is 10.4. The number of amides is 1. The third kappa shape index (κ3) is 2.13. The van der Waals surface area contributed by atoms with Crippen LogP contribution in [0.3, 0.4) is 0 Å². The molecule has 1 N–H and O–H groups in total. The van der Waals surface area contributed by atoms with Crippen molar-refractivity contribution in [2.45, 2.75) is 32.2 Å². The topological polar surface area (TPSA) is 70.5 Å². The van der Waals surface area contributed by atoms with Gasteiger partial charge in [0.15, 0.2) is 0 Å². The van der Waals surface area contributed by atoms with E-state index in [-0.39, 0.29) is 5.91 Å². The largest absolute Gasteiger partial charge is 0.480 e. The van der Waals surface area contributed by atoms with Gasteiger partial charge in [0.05, 0.1) is 11.1 Å². The number of para-hydroxylation sites is 1.